The van der Waals surface area contributed by atoms with Crippen molar-refractivity contribution in [1.82, 2.24) is 9.88 Å². The van der Waals surface area contributed by atoms with E-state index in [2.05, 4.69) is 27.0 Å². The Labute approximate surface area is 142 Å². The molecule has 0 spiro atoms. The molecule has 3 rings (SSSR count). The average molecular weight is 381 g/mol. The van der Waals surface area contributed by atoms with Crippen LogP contribution in [-0.2, 0) is 17.9 Å². The van der Waals surface area contributed by atoms with Gasteiger partial charge in [0.15, 0.2) is 0 Å². The van der Waals surface area contributed by atoms with Crippen LogP contribution < -0.4 is 0 Å². The van der Waals surface area contributed by atoms with E-state index in [1.54, 1.807) is 7.11 Å². The van der Waals surface area contributed by atoms with Crippen LogP contribution in [0.4, 0.5) is 0 Å². The van der Waals surface area contributed by atoms with Crippen molar-refractivity contribution in [2.24, 2.45) is 0 Å². The van der Waals surface area contributed by atoms with E-state index in [0.717, 1.165) is 27.9 Å². The Morgan fingerprint density at radius 3 is 3.00 bits per heavy atom. The van der Waals surface area contributed by atoms with Gasteiger partial charge in [-0.1, -0.05) is 28.1 Å². The first kappa shape index (κ1) is 15.6. The number of amides is 1. The third-order valence-corrected chi connectivity index (χ3v) is 4.84. The number of thiazole rings is 1. The normalized spacial score (nSPS) is 14.1. The molecule has 1 aliphatic rings. The summed E-state index contributed by atoms with van der Waals surface area (Å²) in [5.41, 5.74) is 1.65. The summed E-state index contributed by atoms with van der Waals surface area (Å²) in [5.74, 6) is 0.0149. The Kier molecular flexibility index (Phi) is 4.90. The summed E-state index contributed by atoms with van der Waals surface area (Å²) in [5, 5.41) is 2.66. The van der Waals surface area contributed by atoms with Gasteiger partial charge in [-0.05, 0) is 30.5 Å². The predicted molar refractivity (Wildman–Crippen MR) is 89.9 cm³/mol. The van der Waals surface area contributed by atoms with Crippen molar-refractivity contribution in [2.45, 2.75) is 32.0 Å². The first-order valence-electron chi connectivity index (χ1n) is 7.16. The van der Waals surface area contributed by atoms with E-state index in [-0.39, 0.29) is 5.91 Å². The Balaban J connectivity index is 1.76. The number of nitrogens with zero attached hydrogens (tertiary/aromatic N) is 2. The lowest BCUT2D eigenvalue weighted by Crippen LogP contribution is -2.32. The summed E-state index contributed by atoms with van der Waals surface area (Å²) in [7, 11) is 1.63. The fourth-order valence-corrected chi connectivity index (χ4v) is 3.52. The quantitative estimate of drug-likeness (QED) is 0.763. The minimum Gasteiger partial charge on any atom is -0.378 e. The van der Waals surface area contributed by atoms with E-state index in [9.17, 15) is 4.79 Å². The number of aromatic nitrogens is 1. The molecule has 4 nitrogen and oxygen atoms in total. The van der Waals surface area contributed by atoms with Crippen LogP contribution in [-0.4, -0.2) is 28.9 Å². The van der Waals surface area contributed by atoms with Crippen molar-refractivity contribution in [1.29, 1.82) is 0 Å². The van der Waals surface area contributed by atoms with Crippen LogP contribution in [0.1, 0.15) is 33.9 Å². The van der Waals surface area contributed by atoms with E-state index in [1.165, 1.54) is 11.3 Å². The van der Waals surface area contributed by atoms with Crippen molar-refractivity contribution in [3.05, 3.63) is 50.4 Å². The molecule has 1 aliphatic carbocycles. The second-order valence-electron chi connectivity index (χ2n) is 5.35. The van der Waals surface area contributed by atoms with Crippen LogP contribution in [0, 0.1) is 0 Å². The number of halogens is 1. The second kappa shape index (κ2) is 6.89. The third-order valence-electron chi connectivity index (χ3n) is 3.53. The average Bonchev–Trinajstić information content (AvgIpc) is 3.24. The summed E-state index contributed by atoms with van der Waals surface area (Å²) in [6.45, 7) is 1.08. The molecule has 1 amide bonds. The fraction of sp³-hybridized carbons (Fsp3) is 0.375. The van der Waals surface area contributed by atoms with Gasteiger partial charge in [0.2, 0.25) is 0 Å². The van der Waals surface area contributed by atoms with Crippen molar-refractivity contribution < 1.29 is 9.53 Å². The molecule has 0 unspecified atom stereocenters. The van der Waals surface area contributed by atoms with Gasteiger partial charge >= 0.3 is 0 Å². The number of carbonyl (C=O) groups is 1. The SMILES string of the molecule is COCc1nc(C(=O)N(Cc2cccc(Br)c2)C2CC2)cs1. The fourth-order valence-electron chi connectivity index (χ4n) is 2.33. The van der Waals surface area contributed by atoms with E-state index < -0.39 is 0 Å². The monoisotopic (exact) mass is 380 g/mol. The molecule has 6 heteroatoms. The van der Waals surface area contributed by atoms with Gasteiger partial charge in [-0.3, -0.25) is 4.79 Å². The minimum absolute atomic E-state index is 0.0149. The third kappa shape index (κ3) is 3.74. The van der Waals surface area contributed by atoms with Gasteiger partial charge in [-0.15, -0.1) is 11.3 Å². The molecular formula is C16H17BrN2O2S. The lowest BCUT2D eigenvalue weighted by atomic mass is 10.2. The minimum atomic E-state index is 0.0149. The highest BCUT2D eigenvalue weighted by Crippen LogP contribution is 2.30. The van der Waals surface area contributed by atoms with E-state index in [0.29, 0.717) is 24.9 Å². The first-order chi connectivity index (χ1) is 10.7. The highest BCUT2D eigenvalue weighted by atomic mass is 79.9. The molecule has 0 atom stereocenters. The predicted octanol–water partition coefficient (Wildman–Crippen LogP) is 3.86. The van der Waals surface area contributed by atoms with Gasteiger partial charge in [0, 0.05) is 29.5 Å². The van der Waals surface area contributed by atoms with Crippen molar-refractivity contribution in [2.75, 3.05) is 7.11 Å². The van der Waals surface area contributed by atoms with Crippen LogP contribution in [0.25, 0.3) is 0 Å². The van der Waals surface area contributed by atoms with Gasteiger partial charge in [-0.2, -0.15) is 0 Å². The van der Waals surface area contributed by atoms with Crippen LogP contribution in [0.5, 0.6) is 0 Å². The van der Waals surface area contributed by atoms with Crippen LogP contribution in [0.3, 0.4) is 0 Å². The van der Waals surface area contributed by atoms with Gasteiger partial charge in [0.25, 0.3) is 5.91 Å². The van der Waals surface area contributed by atoms with Crippen molar-refractivity contribution in [3.63, 3.8) is 0 Å². The molecule has 0 saturated heterocycles. The summed E-state index contributed by atoms with van der Waals surface area (Å²) < 4.78 is 6.10. The molecule has 22 heavy (non-hydrogen) atoms. The van der Waals surface area contributed by atoms with Gasteiger partial charge < -0.3 is 9.64 Å². The molecule has 1 fully saturated rings. The smallest absolute Gasteiger partial charge is 0.273 e. The Morgan fingerprint density at radius 2 is 2.32 bits per heavy atom. The maximum atomic E-state index is 12.8. The standard InChI is InChI=1S/C16H17BrN2O2S/c1-21-9-15-18-14(10-22-15)16(20)19(13-5-6-13)8-11-3-2-4-12(17)7-11/h2-4,7,10,13H,5-6,8-9H2,1H3. The topological polar surface area (TPSA) is 42.4 Å². The Hall–Kier alpha value is -1.24. The maximum Gasteiger partial charge on any atom is 0.273 e. The lowest BCUT2D eigenvalue weighted by molar-refractivity contribution is 0.0724. The summed E-state index contributed by atoms with van der Waals surface area (Å²) in [6, 6.07) is 8.43. The Bertz CT molecular complexity index is 670. The largest absolute Gasteiger partial charge is 0.378 e. The molecule has 0 bridgehead atoms. The molecule has 1 aromatic carbocycles. The number of ether oxygens (including phenoxy) is 1. The molecule has 0 aliphatic heterocycles. The second-order valence-corrected chi connectivity index (χ2v) is 7.21. The first-order valence-corrected chi connectivity index (χ1v) is 8.83. The van der Waals surface area contributed by atoms with Crippen LogP contribution >= 0.6 is 27.3 Å². The number of benzene rings is 1. The number of carbonyl (C=O) groups excluding carboxylic acids is 1. The van der Waals surface area contributed by atoms with Crippen molar-refractivity contribution >= 4 is 33.2 Å². The van der Waals surface area contributed by atoms with Crippen LogP contribution in [0.2, 0.25) is 0 Å². The molecule has 0 N–H and O–H groups in total. The zero-order chi connectivity index (χ0) is 15.5. The van der Waals surface area contributed by atoms with E-state index in [1.807, 2.05) is 28.5 Å². The molecule has 116 valence electrons. The molecule has 1 heterocycles. The van der Waals surface area contributed by atoms with Crippen LogP contribution in [0.15, 0.2) is 34.1 Å². The molecule has 2 aromatic rings. The molecule has 0 radical (unpaired) electrons. The molecule has 1 aromatic heterocycles. The number of methoxy groups -OCH3 is 1. The van der Waals surface area contributed by atoms with Gasteiger partial charge in [0.1, 0.15) is 10.7 Å². The summed E-state index contributed by atoms with van der Waals surface area (Å²) >= 11 is 4.95. The highest BCUT2D eigenvalue weighted by Gasteiger charge is 2.34. The Morgan fingerprint density at radius 1 is 1.50 bits per heavy atom. The zero-order valence-corrected chi connectivity index (χ0v) is 14.7. The van der Waals surface area contributed by atoms with E-state index >= 15 is 0 Å². The summed E-state index contributed by atoms with van der Waals surface area (Å²) in [4.78, 5) is 19.1. The van der Waals surface area contributed by atoms with E-state index in [4.69, 9.17) is 4.74 Å². The highest BCUT2D eigenvalue weighted by molar-refractivity contribution is 9.10. The summed E-state index contributed by atoms with van der Waals surface area (Å²) in [6.07, 6.45) is 2.16. The molecule has 1 saturated carbocycles. The maximum absolute atomic E-state index is 12.8. The van der Waals surface area contributed by atoms with Gasteiger partial charge in [-0.25, -0.2) is 4.98 Å². The number of rotatable bonds is 6. The lowest BCUT2D eigenvalue weighted by Gasteiger charge is -2.21. The zero-order valence-electron chi connectivity index (χ0n) is 12.3. The number of hydrogen-bond donors (Lipinski definition) is 0. The number of hydrogen-bond acceptors (Lipinski definition) is 4. The van der Waals surface area contributed by atoms with Crippen molar-refractivity contribution in [3.8, 4) is 0 Å². The van der Waals surface area contributed by atoms with Gasteiger partial charge in [0.05, 0.1) is 6.61 Å². The molecular weight excluding hydrogens is 364 g/mol.